The maximum Gasteiger partial charge on any atom is 0.121 e. The number of aromatic nitrogens is 2. The second-order valence-corrected chi connectivity index (χ2v) is 3.67. The highest BCUT2D eigenvalue weighted by atomic mass is 16.5. The van der Waals surface area contributed by atoms with Gasteiger partial charge in [0.25, 0.3) is 0 Å². The molecule has 0 saturated heterocycles. The molecule has 0 aliphatic heterocycles. The first kappa shape index (κ1) is 10.7. The van der Waals surface area contributed by atoms with Gasteiger partial charge in [-0.25, -0.2) is 0 Å². The molecule has 4 nitrogen and oxygen atoms in total. The minimum absolute atomic E-state index is 0.474. The van der Waals surface area contributed by atoms with Gasteiger partial charge in [0.1, 0.15) is 5.75 Å². The van der Waals surface area contributed by atoms with Crippen molar-refractivity contribution >= 4 is 0 Å². The highest BCUT2D eigenvalue weighted by Crippen LogP contribution is 2.24. The zero-order chi connectivity index (χ0) is 11.5. The molecule has 0 spiro atoms. The van der Waals surface area contributed by atoms with Crippen LogP contribution in [0.1, 0.15) is 11.3 Å². The lowest BCUT2D eigenvalue weighted by Crippen LogP contribution is -1.95. The molecule has 0 saturated carbocycles. The number of methoxy groups -OCH3 is 1. The van der Waals surface area contributed by atoms with E-state index in [0.29, 0.717) is 6.54 Å². The van der Waals surface area contributed by atoms with E-state index in [0.717, 1.165) is 28.3 Å². The van der Waals surface area contributed by atoms with Crippen LogP contribution < -0.4 is 10.5 Å². The van der Waals surface area contributed by atoms with Gasteiger partial charge in [0, 0.05) is 17.8 Å². The summed E-state index contributed by atoms with van der Waals surface area (Å²) in [5.74, 6) is 0.887. The molecule has 0 fully saturated rings. The molecule has 0 aliphatic rings. The fourth-order valence-electron chi connectivity index (χ4n) is 1.65. The first-order valence-corrected chi connectivity index (χ1v) is 5.14. The third-order valence-corrected chi connectivity index (χ3v) is 2.54. The van der Waals surface area contributed by atoms with Crippen molar-refractivity contribution in [1.29, 1.82) is 0 Å². The number of H-pyrrole nitrogens is 1. The standard InChI is InChI=1S/C12H15N3O/c1-8-5-9(3-4-12(8)16-2)11-6-10(7-13)14-15-11/h3-6H,7,13H2,1-2H3,(H,14,15). The summed E-state index contributed by atoms with van der Waals surface area (Å²) in [6.07, 6.45) is 0. The number of hydrogen-bond acceptors (Lipinski definition) is 3. The molecule has 0 radical (unpaired) electrons. The van der Waals surface area contributed by atoms with Crippen molar-refractivity contribution in [2.24, 2.45) is 5.73 Å². The summed E-state index contributed by atoms with van der Waals surface area (Å²) in [4.78, 5) is 0. The minimum Gasteiger partial charge on any atom is -0.496 e. The molecule has 0 aliphatic carbocycles. The summed E-state index contributed by atoms with van der Waals surface area (Å²) < 4.78 is 5.21. The molecule has 3 N–H and O–H groups in total. The fraction of sp³-hybridized carbons (Fsp3) is 0.250. The molecular weight excluding hydrogens is 202 g/mol. The maximum atomic E-state index is 5.53. The van der Waals surface area contributed by atoms with Gasteiger partial charge in [0.05, 0.1) is 12.8 Å². The van der Waals surface area contributed by atoms with Gasteiger partial charge in [-0.05, 0) is 36.8 Å². The molecule has 0 amide bonds. The van der Waals surface area contributed by atoms with Crippen LogP contribution >= 0.6 is 0 Å². The van der Waals surface area contributed by atoms with Crippen molar-refractivity contribution < 1.29 is 4.74 Å². The Labute approximate surface area is 94.4 Å². The second-order valence-electron chi connectivity index (χ2n) is 3.67. The van der Waals surface area contributed by atoms with Crippen LogP contribution in [0.3, 0.4) is 0 Å². The predicted molar refractivity (Wildman–Crippen MR) is 63.2 cm³/mol. The zero-order valence-corrected chi connectivity index (χ0v) is 9.45. The maximum absolute atomic E-state index is 5.53. The lowest BCUT2D eigenvalue weighted by molar-refractivity contribution is 0.412. The van der Waals surface area contributed by atoms with E-state index in [1.807, 2.05) is 25.1 Å². The molecule has 0 unspecified atom stereocenters. The number of ether oxygens (including phenoxy) is 1. The van der Waals surface area contributed by atoms with Gasteiger partial charge in [-0.3, -0.25) is 5.10 Å². The predicted octanol–water partition coefficient (Wildman–Crippen LogP) is 1.85. The van der Waals surface area contributed by atoms with Crippen LogP contribution in [0, 0.1) is 6.92 Å². The topological polar surface area (TPSA) is 63.9 Å². The van der Waals surface area contributed by atoms with Gasteiger partial charge in [-0.15, -0.1) is 0 Å². The van der Waals surface area contributed by atoms with E-state index in [2.05, 4.69) is 16.3 Å². The first-order chi connectivity index (χ1) is 7.74. The van der Waals surface area contributed by atoms with Crippen molar-refractivity contribution in [2.45, 2.75) is 13.5 Å². The molecule has 0 atom stereocenters. The summed E-state index contributed by atoms with van der Waals surface area (Å²) in [5, 5.41) is 7.10. The molecule has 0 bridgehead atoms. The van der Waals surface area contributed by atoms with E-state index in [4.69, 9.17) is 10.5 Å². The number of nitrogens with two attached hydrogens (primary N) is 1. The summed E-state index contributed by atoms with van der Waals surface area (Å²) in [6, 6.07) is 7.94. The first-order valence-electron chi connectivity index (χ1n) is 5.14. The van der Waals surface area contributed by atoms with Crippen LogP contribution in [-0.4, -0.2) is 17.3 Å². The van der Waals surface area contributed by atoms with Gasteiger partial charge >= 0.3 is 0 Å². The lowest BCUT2D eigenvalue weighted by atomic mass is 10.1. The molecule has 2 aromatic rings. The Morgan fingerprint density at radius 2 is 2.19 bits per heavy atom. The Morgan fingerprint density at radius 1 is 1.38 bits per heavy atom. The monoisotopic (exact) mass is 217 g/mol. The van der Waals surface area contributed by atoms with Crippen LogP contribution in [-0.2, 0) is 6.54 Å². The molecule has 16 heavy (non-hydrogen) atoms. The van der Waals surface area contributed by atoms with Crippen molar-refractivity contribution in [2.75, 3.05) is 7.11 Å². The van der Waals surface area contributed by atoms with Gasteiger partial charge in [-0.1, -0.05) is 0 Å². The van der Waals surface area contributed by atoms with Crippen LogP contribution in [0.2, 0.25) is 0 Å². The average Bonchev–Trinajstić information content (AvgIpc) is 2.77. The molecule has 1 aromatic carbocycles. The fourth-order valence-corrected chi connectivity index (χ4v) is 1.65. The van der Waals surface area contributed by atoms with Gasteiger partial charge in [0.15, 0.2) is 0 Å². The van der Waals surface area contributed by atoms with Crippen molar-refractivity contribution in [3.8, 4) is 17.0 Å². The molecule has 1 heterocycles. The third kappa shape index (κ3) is 1.92. The number of aromatic amines is 1. The Balaban J connectivity index is 2.37. The third-order valence-electron chi connectivity index (χ3n) is 2.54. The molecule has 2 rings (SSSR count). The Kier molecular flexibility index (Phi) is 2.92. The smallest absolute Gasteiger partial charge is 0.121 e. The normalized spacial score (nSPS) is 10.4. The highest BCUT2D eigenvalue weighted by molar-refractivity contribution is 5.62. The van der Waals surface area contributed by atoms with E-state index in [9.17, 15) is 0 Å². The molecular formula is C12H15N3O. The van der Waals surface area contributed by atoms with Crippen LogP contribution in [0.25, 0.3) is 11.3 Å². The Morgan fingerprint density at radius 3 is 2.75 bits per heavy atom. The van der Waals surface area contributed by atoms with Crippen LogP contribution in [0.15, 0.2) is 24.3 Å². The number of nitrogens with zero attached hydrogens (tertiary/aromatic N) is 1. The van der Waals surface area contributed by atoms with E-state index >= 15 is 0 Å². The Hall–Kier alpha value is -1.81. The van der Waals surface area contributed by atoms with E-state index in [1.54, 1.807) is 7.11 Å². The minimum atomic E-state index is 0.474. The lowest BCUT2D eigenvalue weighted by Gasteiger charge is -2.05. The largest absolute Gasteiger partial charge is 0.496 e. The molecule has 4 heteroatoms. The molecule has 1 aromatic heterocycles. The van der Waals surface area contributed by atoms with Crippen LogP contribution in [0.5, 0.6) is 5.75 Å². The quantitative estimate of drug-likeness (QED) is 0.824. The SMILES string of the molecule is COc1ccc(-c2cc(CN)[nH]n2)cc1C. The summed E-state index contributed by atoms with van der Waals surface area (Å²) in [6.45, 7) is 2.49. The van der Waals surface area contributed by atoms with E-state index in [-0.39, 0.29) is 0 Å². The van der Waals surface area contributed by atoms with Crippen molar-refractivity contribution in [1.82, 2.24) is 10.2 Å². The number of benzene rings is 1. The number of hydrogen-bond donors (Lipinski definition) is 2. The van der Waals surface area contributed by atoms with Crippen LogP contribution in [0.4, 0.5) is 0 Å². The Bertz CT molecular complexity index is 491. The summed E-state index contributed by atoms with van der Waals surface area (Å²) >= 11 is 0. The van der Waals surface area contributed by atoms with Gasteiger partial charge in [0.2, 0.25) is 0 Å². The number of nitrogens with one attached hydrogen (secondary N) is 1. The van der Waals surface area contributed by atoms with Crippen molar-refractivity contribution in [3.63, 3.8) is 0 Å². The second kappa shape index (κ2) is 4.37. The van der Waals surface area contributed by atoms with E-state index < -0.39 is 0 Å². The van der Waals surface area contributed by atoms with Crippen molar-refractivity contribution in [3.05, 3.63) is 35.5 Å². The van der Waals surface area contributed by atoms with E-state index in [1.165, 1.54) is 0 Å². The molecule has 84 valence electrons. The van der Waals surface area contributed by atoms with Gasteiger partial charge in [-0.2, -0.15) is 5.10 Å². The average molecular weight is 217 g/mol. The zero-order valence-electron chi connectivity index (χ0n) is 9.45. The number of rotatable bonds is 3. The summed E-state index contributed by atoms with van der Waals surface area (Å²) in [7, 11) is 1.67. The summed E-state index contributed by atoms with van der Waals surface area (Å²) in [5.41, 5.74) is 9.53. The number of aryl methyl sites for hydroxylation is 1. The highest BCUT2D eigenvalue weighted by Gasteiger charge is 2.05. The van der Waals surface area contributed by atoms with Gasteiger partial charge < -0.3 is 10.5 Å².